The molecule has 6 N–H and O–H groups in total. The Balaban J connectivity index is 1.64. The molecular weight excluding hydrogens is 608 g/mol. The smallest absolute Gasteiger partial charge is 0.358 e. The van der Waals surface area contributed by atoms with Crippen LogP contribution in [0.15, 0.2) is 29.3 Å². The van der Waals surface area contributed by atoms with Crippen molar-refractivity contribution >= 4 is 35.0 Å². The van der Waals surface area contributed by atoms with Gasteiger partial charge in [-0.1, -0.05) is 6.92 Å². The number of aliphatic hydroxyl groups is 4. The summed E-state index contributed by atoms with van der Waals surface area (Å²) < 4.78 is 21.8. The monoisotopic (exact) mass is 638 g/mol. The summed E-state index contributed by atoms with van der Waals surface area (Å²) in [4.78, 5) is 52.6. The van der Waals surface area contributed by atoms with E-state index in [9.17, 15) is 49.8 Å². The van der Waals surface area contributed by atoms with Gasteiger partial charge in [0.15, 0.2) is 11.6 Å². The first kappa shape index (κ1) is 30.9. The first-order valence-electron chi connectivity index (χ1n) is 14.3. The fourth-order valence-electron chi connectivity index (χ4n) is 7.03. The molecule has 0 amide bonds. The van der Waals surface area contributed by atoms with Gasteiger partial charge in [-0.25, -0.2) is 9.59 Å². The van der Waals surface area contributed by atoms with Crippen molar-refractivity contribution in [3.63, 3.8) is 0 Å². The molecule has 2 aromatic carbocycles. The second kappa shape index (κ2) is 10.2. The zero-order valence-corrected chi connectivity index (χ0v) is 25.0. The number of esters is 2. The third-order valence-electron chi connectivity index (χ3n) is 9.20. The number of ketones is 2. The number of hydrogen-bond acceptors (Lipinski definition) is 14. The molecular formula is C32H30O14. The molecule has 5 unspecified atom stereocenters. The van der Waals surface area contributed by atoms with Gasteiger partial charge in [-0.15, -0.1) is 0 Å². The van der Waals surface area contributed by atoms with Crippen molar-refractivity contribution in [3.05, 3.63) is 46.0 Å². The predicted molar refractivity (Wildman–Crippen MR) is 155 cm³/mol. The topological polar surface area (TPSA) is 227 Å². The van der Waals surface area contributed by atoms with Crippen molar-refractivity contribution in [1.29, 1.82) is 0 Å². The van der Waals surface area contributed by atoms with E-state index in [1.54, 1.807) is 0 Å². The standard InChI is InChI=1S/C32H30O14/c1-11-9-15(34)20-25(38)22-14(33)6-8-18(36)31(22,29(41)43-3)46-27(20)19(11)13-5-7-17-21(24(13)37)26(39)23-16(35)10-12(2)28(40)32(23,45-17)30(42)44-4/h5,7,9,12,18,28,34,36-40H,6,8,10H2,1-4H3. The maximum Gasteiger partial charge on any atom is 0.358 e. The van der Waals surface area contributed by atoms with Gasteiger partial charge in [0.2, 0.25) is 0 Å². The molecule has 0 bridgehead atoms. The Morgan fingerprint density at radius 1 is 0.870 bits per heavy atom. The highest BCUT2D eigenvalue weighted by Crippen LogP contribution is 2.57. The highest BCUT2D eigenvalue weighted by Gasteiger charge is 2.64. The summed E-state index contributed by atoms with van der Waals surface area (Å²) >= 11 is 0. The molecule has 2 aliphatic heterocycles. The van der Waals surface area contributed by atoms with Crippen molar-refractivity contribution in [2.24, 2.45) is 5.92 Å². The number of carbonyl (C=O) groups is 4. The van der Waals surface area contributed by atoms with Crippen LogP contribution in [-0.4, -0.2) is 91.8 Å². The summed E-state index contributed by atoms with van der Waals surface area (Å²) in [5.41, 5.74) is -7.05. The van der Waals surface area contributed by atoms with Crippen LogP contribution in [0.5, 0.6) is 23.0 Å². The predicted octanol–water partition coefficient (Wildman–Crippen LogP) is 1.91. The zero-order chi connectivity index (χ0) is 33.6. The van der Waals surface area contributed by atoms with Gasteiger partial charge >= 0.3 is 11.9 Å². The molecule has 2 aliphatic carbocycles. The minimum atomic E-state index is -2.53. The van der Waals surface area contributed by atoms with E-state index >= 15 is 0 Å². The van der Waals surface area contributed by atoms with Crippen molar-refractivity contribution in [3.8, 4) is 34.1 Å². The number of methoxy groups -OCH3 is 2. The minimum Gasteiger partial charge on any atom is -0.507 e. The van der Waals surface area contributed by atoms with Crippen LogP contribution in [0.1, 0.15) is 42.9 Å². The lowest BCUT2D eigenvalue weighted by molar-refractivity contribution is -0.173. The number of aryl methyl sites for hydroxylation is 1. The largest absolute Gasteiger partial charge is 0.507 e. The summed E-state index contributed by atoms with van der Waals surface area (Å²) in [5.74, 6) is -8.31. The fourth-order valence-corrected chi connectivity index (χ4v) is 7.03. The van der Waals surface area contributed by atoms with Gasteiger partial charge in [-0.2, -0.15) is 0 Å². The van der Waals surface area contributed by atoms with Gasteiger partial charge in [0.05, 0.1) is 25.4 Å². The number of phenolic OH excluding ortho intramolecular Hbond substituents is 2. The van der Waals surface area contributed by atoms with Gasteiger partial charge in [-0.3, -0.25) is 9.59 Å². The van der Waals surface area contributed by atoms with Crippen LogP contribution in [0, 0.1) is 12.8 Å². The molecule has 2 aromatic rings. The van der Waals surface area contributed by atoms with Crippen LogP contribution in [0.4, 0.5) is 0 Å². The number of Topliss-reactive ketones (excluding diaryl/α,β-unsaturated/α-hetero) is 2. The number of ether oxygens (including phenoxy) is 4. The number of aromatic hydroxyl groups is 2. The number of benzene rings is 2. The molecule has 6 rings (SSSR count). The highest BCUT2D eigenvalue weighted by atomic mass is 16.6. The minimum absolute atomic E-state index is 0.0570. The number of aliphatic hydroxyl groups excluding tert-OH is 4. The van der Waals surface area contributed by atoms with Crippen molar-refractivity contribution in [2.75, 3.05) is 14.2 Å². The van der Waals surface area contributed by atoms with E-state index < -0.39 is 104 Å². The van der Waals surface area contributed by atoms with E-state index in [1.165, 1.54) is 32.0 Å². The maximum absolute atomic E-state index is 13.3. The molecule has 0 saturated heterocycles. The van der Waals surface area contributed by atoms with Gasteiger partial charge in [0.1, 0.15) is 57.9 Å². The Morgan fingerprint density at radius 3 is 2.13 bits per heavy atom. The zero-order valence-electron chi connectivity index (χ0n) is 25.0. The third-order valence-corrected chi connectivity index (χ3v) is 9.20. The van der Waals surface area contributed by atoms with Crippen LogP contribution < -0.4 is 9.47 Å². The van der Waals surface area contributed by atoms with E-state index in [4.69, 9.17) is 18.9 Å². The van der Waals surface area contributed by atoms with Crippen molar-refractivity contribution in [2.45, 2.75) is 56.5 Å². The fraction of sp³-hybridized carbons (Fsp3) is 0.375. The molecule has 0 radical (unpaired) electrons. The molecule has 0 spiro atoms. The van der Waals surface area contributed by atoms with Crippen LogP contribution in [-0.2, 0) is 28.7 Å². The van der Waals surface area contributed by atoms with Crippen LogP contribution in [0.3, 0.4) is 0 Å². The SMILES string of the molecule is COC(=O)C12Oc3c(c(O)cc(C)c3-c3ccc4c(c3O)C(O)=C3C(=O)CC(C)C(O)C3(C(=O)OC)O4)C(O)=C1C(=O)CCC2O. The van der Waals surface area contributed by atoms with E-state index in [1.807, 2.05) is 0 Å². The highest BCUT2D eigenvalue weighted by molar-refractivity contribution is 6.14. The first-order chi connectivity index (χ1) is 21.7. The maximum atomic E-state index is 13.3. The number of rotatable bonds is 3. The first-order valence-corrected chi connectivity index (χ1v) is 14.3. The molecule has 2 saturated carbocycles. The number of carbonyl (C=O) groups excluding carboxylic acids is 4. The summed E-state index contributed by atoms with van der Waals surface area (Å²) in [6.45, 7) is 3.01. The van der Waals surface area contributed by atoms with Crippen molar-refractivity contribution < 1.29 is 68.8 Å². The number of hydrogen-bond donors (Lipinski definition) is 6. The Morgan fingerprint density at radius 2 is 1.48 bits per heavy atom. The summed E-state index contributed by atoms with van der Waals surface area (Å²) in [7, 11) is 2.01. The van der Waals surface area contributed by atoms with Gasteiger partial charge < -0.3 is 49.6 Å². The molecule has 14 heteroatoms. The second-order valence-corrected chi connectivity index (χ2v) is 11.8. The molecule has 5 atom stereocenters. The van der Waals surface area contributed by atoms with E-state index in [0.29, 0.717) is 0 Å². The van der Waals surface area contributed by atoms with E-state index in [2.05, 4.69) is 0 Å². The summed E-state index contributed by atoms with van der Waals surface area (Å²) in [6, 6.07) is 3.70. The Labute approximate surface area is 260 Å². The Bertz CT molecular complexity index is 1840. The second-order valence-electron chi connectivity index (χ2n) is 11.8. The lowest BCUT2D eigenvalue weighted by Crippen LogP contribution is -2.64. The van der Waals surface area contributed by atoms with Crippen molar-refractivity contribution in [1.82, 2.24) is 0 Å². The molecule has 46 heavy (non-hydrogen) atoms. The van der Waals surface area contributed by atoms with Crippen LogP contribution >= 0.6 is 0 Å². The quantitative estimate of drug-likeness (QED) is 0.264. The molecule has 2 heterocycles. The van der Waals surface area contributed by atoms with Crippen LogP contribution in [0.25, 0.3) is 22.6 Å². The molecule has 2 fully saturated rings. The van der Waals surface area contributed by atoms with Gasteiger partial charge in [0, 0.05) is 24.0 Å². The average molecular weight is 639 g/mol. The molecule has 0 aromatic heterocycles. The Hall–Kier alpha value is -5.08. The van der Waals surface area contributed by atoms with Crippen LogP contribution in [0.2, 0.25) is 0 Å². The molecule has 4 aliphatic rings. The number of phenols is 2. The third kappa shape index (κ3) is 3.70. The molecule has 242 valence electrons. The Kier molecular flexibility index (Phi) is 6.87. The lowest BCUT2D eigenvalue weighted by atomic mass is 9.69. The van der Waals surface area contributed by atoms with Gasteiger partial charge in [-0.05, 0) is 43.0 Å². The lowest BCUT2D eigenvalue weighted by Gasteiger charge is -2.45. The van der Waals surface area contributed by atoms with Gasteiger partial charge in [0.25, 0.3) is 11.2 Å². The summed E-state index contributed by atoms with van der Waals surface area (Å²) in [5, 5.41) is 67.6. The van der Waals surface area contributed by atoms with E-state index in [0.717, 1.165) is 14.2 Å². The number of fused-ring (bicyclic) bond motifs is 4. The summed E-state index contributed by atoms with van der Waals surface area (Å²) in [6.07, 6.45) is -4.02. The molecule has 14 nitrogen and oxygen atoms in total. The van der Waals surface area contributed by atoms with E-state index in [-0.39, 0.29) is 41.7 Å². The normalized spacial score (nSPS) is 28.3. The average Bonchev–Trinajstić information content (AvgIpc) is 3.01.